The van der Waals surface area contributed by atoms with Gasteiger partial charge in [0.2, 0.25) is 0 Å². The molecule has 1 unspecified atom stereocenters. The molecule has 0 saturated carbocycles. The van der Waals surface area contributed by atoms with Crippen LogP contribution in [0.1, 0.15) is 54.5 Å². The molecule has 104 valence electrons. The van der Waals surface area contributed by atoms with Crippen molar-refractivity contribution >= 4 is 11.3 Å². The van der Waals surface area contributed by atoms with E-state index in [0.29, 0.717) is 0 Å². The first-order chi connectivity index (χ1) is 9.25. The number of thiophene rings is 1. The summed E-state index contributed by atoms with van der Waals surface area (Å²) in [5, 5.41) is 12.1. The highest BCUT2D eigenvalue weighted by Crippen LogP contribution is 2.26. The molecule has 0 aliphatic carbocycles. The van der Waals surface area contributed by atoms with Crippen LogP contribution in [0.3, 0.4) is 0 Å². The number of hydrogen-bond acceptors (Lipinski definition) is 3. The van der Waals surface area contributed by atoms with Gasteiger partial charge in [-0.15, -0.1) is 11.3 Å². The number of rotatable bonds is 8. The molecule has 0 bridgehead atoms. The highest BCUT2D eigenvalue weighted by Gasteiger charge is 2.08. The molecule has 2 heterocycles. The maximum absolute atomic E-state index is 10.0. The zero-order valence-corrected chi connectivity index (χ0v) is 12.2. The Labute approximate surface area is 118 Å². The number of imidazole rings is 1. The van der Waals surface area contributed by atoms with E-state index >= 15 is 0 Å². The van der Waals surface area contributed by atoms with Crippen LogP contribution in [0, 0.1) is 6.92 Å². The Morgan fingerprint density at radius 3 is 2.84 bits per heavy atom. The number of aliphatic hydroxyl groups excluding tert-OH is 1. The summed E-state index contributed by atoms with van der Waals surface area (Å²) in [5.74, 6) is 1.08. The average Bonchev–Trinajstić information content (AvgIpc) is 3.04. The van der Waals surface area contributed by atoms with Crippen molar-refractivity contribution in [1.82, 2.24) is 9.97 Å². The summed E-state index contributed by atoms with van der Waals surface area (Å²) < 4.78 is 0. The van der Waals surface area contributed by atoms with Crippen LogP contribution in [-0.2, 0) is 6.42 Å². The summed E-state index contributed by atoms with van der Waals surface area (Å²) in [5.41, 5.74) is 1.25. The molecule has 2 aromatic heterocycles. The fraction of sp³-hybridized carbons (Fsp3) is 0.533. The molecule has 2 rings (SSSR count). The smallest absolute Gasteiger partial charge is 0.105 e. The lowest BCUT2D eigenvalue weighted by Crippen LogP contribution is -1.95. The maximum Gasteiger partial charge on any atom is 0.105 e. The second-order valence-corrected chi connectivity index (χ2v) is 5.97. The molecule has 19 heavy (non-hydrogen) atoms. The molecule has 1 atom stereocenters. The van der Waals surface area contributed by atoms with Gasteiger partial charge in [0.1, 0.15) is 5.82 Å². The second-order valence-electron chi connectivity index (χ2n) is 5.03. The predicted molar refractivity (Wildman–Crippen MR) is 79.4 cm³/mol. The number of unbranched alkanes of at least 4 members (excludes halogenated alkanes) is 3. The van der Waals surface area contributed by atoms with E-state index in [0.717, 1.165) is 30.0 Å². The van der Waals surface area contributed by atoms with Crippen molar-refractivity contribution < 1.29 is 5.11 Å². The van der Waals surface area contributed by atoms with E-state index < -0.39 is 0 Å². The van der Waals surface area contributed by atoms with E-state index in [1.165, 1.54) is 24.8 Å². The van der Waals surface area contributed by atoms with Crippen molar-refractivity contribution in [2.24, 2.45) is 0 Å². The largest absolute Gasteiger partial charge is 0.388 e. The average molecular weight is 278 g/mol. The zero-order chi connectivity index (χ0) is 13.5. The Morgan fingerprint density at radius 1 is 1.32 bits per heavy atom. The Balaban J connectivity index is 1.54. The third-order valence-electron chi connectivity index (χ3n) is 3.28. The molecule has 2 N–H and O–H groups in total. The van der Waals surface area contributed by atoms with Crippen LogP contribution in [0.2, 0.25) is 0 Å². The summed E-state index contributed by atoms with van der Waals surface area (Å²) >= 11 is 1.66. The summed E-state index contributed by atoms with van der Waals surface area (Å²) in [6, 6.07) is 2.09. The SMILES string of the molecule is Cc1csc(C(O)CCCCCCc2ncc[nH]2)c1. The van der Waals surface area contributed by atoms with Gasteiger partial charge in [0.15, 0.2) is 0 Å². The van der Waals surface area contributed by atoms with E-state index in [-0.39, 0.29) is 6.10 Å². The van der Waals surface area contributed by atoms with Gasteiger partial charge in [0, 0.05) is 23.7 Å². The molecule has 3 nitrogen and oxygen atoms in total. The van der Waals surface area contributed by atoms with Crippen molar-refractivity contribution in [2.75, 3.05) is 0 Å². The highest BCUT2D eigenvalue weighted by atomic mass is 32.1. The van der Waals surface area contributed by atoms with Crippen LogP contribution in [0.5, 0.6) is 0 Å². The Morgan fingerprint density at radius 2 is 2.16 bits per heavy atom. The van der Waals surface area contributed by atoms with E-state index in [1.807, 2.05) is 6.20 Å². The lowest BCUT2D eigenvalue weighted by Gasteiger charge is -2.07. The third kappa shape index (κ3) is 4.80. The highest BCUT2D eigenvalue weighted by molar-refractivity contribution is 7.10. The van der Waals surface area contributed by atoms with Gasteiger partial charge >= 0.3 is 0 Å². The van der Waals surface area contributed by atoms with Crippen molar-refractivity contribution in [3.63, 3.8) is 0 Å². The van der Waals surface area contributed by atoms with E-state index in [1.54, 1.807) is 17.5 Å². The van der Waals surface area contributed by atoms with Gasteiger partial charge < -0.3 is 10.1 Å². The standard InChI is InChI=1S/C15H22N2OS/c1-12-10-14(19-11-12)13(18)6-4-2-3-5-7-15-16-8-9-17-15/h8-11,13,18H,2-7H2,1H3,(H,16,17). The lowest BCUT2D eigenvalue weighted by atomic mass is 10.1. The third-order valence-corrected chi connectivity index (χ3v) is 4.43. The number of aryl methyl sites for hydroxylation is 2. The summed E-state index contributed by atoms with van der Waals surface area (Å²) in [7, 11) is 0. The first-order valence-electron chi connectivity index (χ1n) is 6.97. The van der Waals surface area contributed by atoms with E-state index in [4.69, 9.17) is 0 Å². The number of aliphatic hydroxyl groups is 1. The molecular formula is C15H22N2OS. The predicted octanol–water partition coefficient (Wildman–Crippen LogP) is 4.01. The van der Waals surface area contributed by atoms with Crippen LogP contribution in [0.4, 0.5) is 0 Å². The molecule has 4 heteroatoms. The van der Waals surface area contributed by atoms with Gasteiger partial charge in [-0.1, -0.05) is 19.3 Å². The Kier molecular flexibility index (Phi) is 5.61. The van der Waals surface area contributed by atoms with Gasteiger partial charge in [-0.25, -0.2) is 4.98 Å². The normalized spacial score (nSPS) is 12.7. The van der Waals surface area contributed by atoms with Crippen LogP contribution in [0.15, 0.2) is 23.8 Å². The molecule has 0 aromatic carbocycles. The molecule has 0 aliphatic heterocycles. The molecule has 0 spiro atoms. The van der Waals surface area contributed by atoms with E-state index in [9.17, 15) is 5.11 Å². The Hall–Kier alpha value is -1.13. The zero-order valence-electron chi connectivity index (χ0n) is 11.4. The van der Waals surface area contributed by atoms with Crippen LogP contribution in [-0.4, -0.2) is 15.1 Å². The van der Waals surface area contributed by atoms with Crippen molar-refractivity contribution in [3.8, 4) is 0 Å². The number of H-pyrrole nitrogens is 1. The number of nitrogens with zero attached hydrogens (tertiary/aromatic N) is 1. The van der Waals surface area contributed by atoms with Gasteiger partial charge in [-0.05, 0) is 36.8 Å². The first kappa shape index (κ1) is 14.3. The molecule has 0 saturated heterocycles. The molecule has 0 fully saturated rings. The fourth-order valence-electron chi connectivity index (χ4n) is 2.19. The van der Waals surface area contributed by atoms with Crippen molar-refractivity contribution in [3.05, 3.63) is 40.1 Å². The maximum atomic E-state index is 10.0. The van der Waals surface area contributed by atoms with Gasteiger partial charge in [-0.3, -0.25) is 0 Å². The summed E-state index contributed by atoms with van der Waals surface area (Å²) in [6.07, 6.45) is 9.95. The molecule has 2 aromatic rings. The minimum absolute atomic E-state index is 0.274. The quantitative estimate of drug-likeness (QED) is 0.717. The topological polar surface area (TPSA) is 48.9 Å². The van der Waals surface area contributed by atoms with Crippen molar-refractivity contribution in [1.29, 1.82) is 0 Å². The van der Waals surface area contributed by atoms with Crippen LogP contribution < -0.4 is 0 Å². The number of aromatic amines is 1. The van der Waals surface area contributed by atoms with Crippen LogP contribution in [0.25, 0.3) is 0 Å². The van der Waals surface area contributed by atoms with Gasteiger partial charge in [0.25, 0.3) is 0 Å². The lowest BCUT2D eigenvalue weighted by molar-refractivity contribution is 0.167. The second kappa shape index (κ2) is 7.46. The van der Waals surface area contributed by atoms with Crippen LogP contribution >= 0.6 is 11.3 Å². The summed E-state index contributed by atoms with van der Waals surface area (Å²) in [6.45, 7) is 2.07. The monoisotopic (exact) mass is 278 g/mol. The molecule has 0 amide bonds. The number of aromatic nitrogens is 2. The molecular weight excluding hydrogens is 256 g/mol. The minimum atomic E-state index is -0.274. The Bertz CT molecular complexity index is 464. The molecule has 0 radical (unpaired) electrons. The molecule has 0 aliphatic rings. The number of nitrogens with one attached hydrogen (secondary N) is 1. The number of hydrogen-bond donors (Lipinski definition) is 2. The van der Waals surface area contributed by atoms with E-state index in [2.05, 4.69) is 28.3 Å². The summed E-state index contributed by atoms with van der Waals surface area (Å²) in [4.78, 5) is 8.44. The van der Waals surface area contributed by atoms with Gasteiger partial charge in [0.05, 0.1) is 6.10 Å². The first-order valence-corrected chi connectivity index (χ1v) is 7.85. The van der Waals surface area contributed by atoms with Crippen molar-refractivity contribution in [2.45, 2.75) is 51.6 Å². The fourth-order valence-corrected chi connectivity index (χ4v) is 3.11. The van der Waals surface area contributed by atoms with Gasteiger partial charge in [-0.2, -0.15) is 0 Å². The minimum Gasteiger partial charge on any atom is -0.388 e.